The molecule has 0 saturated carbocycles. The lowest BCUT2D eigenvalue weighted by molar-refractivity contribution is -0.118. The third-order valence-electron chi connectivity index (χ3n) is 4.74. The van der Waals surface area contributed by atoms with E-state index in [0.29, 0.717) is 11.3 Å². The fourth-order valence-electron chi connectivity index (χ4n) is 3.13. The van der Waals surface area contributed by atoms with Gasteiger partial charge in [0.15, 0.2) is 5.13 Å². The summed E-state index contributed by atoms with van der Waals surface area (Å²) in [5.74, 6) is -0.585. The number of para-hydroxylation sites is 1. The average Bonchev–Trinajstić information content (AvgIpc) is 3.41. The van der Waals surface area contributed by atoms with Crippen molar-refractivity contribution in [2.24, 2.45) is 5.92 Å². The molecule has 2 amide bonds. The van der Waals surface area contributed by atoms with Gasteiger partial charge in [0.05, 0.1) is 10.2 Å². The molecular formula is C23H22N4O2S. The second kappa shape index (κ2) is 8.51. The minimum atomic E-state index is -0.648. The fourth-order valence-corrected chi connectivity index (χ4v) is 4.10. The predicted octanol–water partition coefficient (Wildman–Crippen LogP) is 4.48. The molecule has 6 nitrogen and oxygen atoms in total. The van der Waals surface area contributed by atoms with Gasteiger partial charge in [0.25, 0.3) is 5.91 Å². The number of amides is 2. The van der Waals surface area contributed by atoms with Crippen molar-refractivity contribution in [3.63, 3.8) is 0 Å². The van der Waals surface area contributed by atoms with Gasteiger partial charge in [0, 0.05) is 23.6 Å². The number of rotatable bonds is 6. The SMILES string of the molecule is CC(C)[C@@H](NC(=O)c1ccc2nc(-n3cccc3)sc2c1)C(=O)Nc1ccccc1. The summed E-state index contributed by atoms with van der Waals surface area (Å²) in [4.78, 5) is 30.2. The Kier molecular flexibility index (Phi) is 5.63. The van der Waals surface area contributed by atoms with Crippen LogP contribution in [0, 0.1) is 5.92 Å². The van der Waals surface area contributed by atoms with E-state index in [1.807, 2.05) is 85.4 Å². The first-order valence-electron chi connectivity index (χ1n) is 9.72. The van der Waals surface area contributed by atoms with Crippen LogP contribution in [0.4, 0.5) is 5.69 Å². The fraction of sp³-hybridized carbons (Fsp3) is 0.174. The third kappa shape index (κ3) is 4.26. The van der Waals surface area contributed by atoms with Crippen LogP contribution in [0.1, 0.15) is 24.2 Å². The summed E-state index contributed by atoms with van der Waals surface area (Å²) in [7, 11) is 0. The molecule has 0 spiro atoms. The molecule has 0 fully saturated rings. The number of anilines is 1. The monoisotopic (exact) mass is 418 g/mol. The van der Waals surface area contributed by atoms with Gasteiger partial charge in [-0.2, -0.15) is 0 Å². The molecule has 2 aromatic heterocycles. The second-order valence-electron chi connectivity index (χ2n) is 7.32. The number of carbonyl (C=O) groups excluding carboxylic acids is 2. The van der Waals surface area contributed by atoms with E-state index in [0.717, 1.165) is 15.3 Å². The first-order valence-corrected chi connectivity index (χ1v) is 10.5. The van der Waals surface area contributed by atoms with E-state index >= 15 is 0 Å². The van der Waals surface area contributed by atoms with E-state index in [9.17, 15) is 9.59 Å². The molecule has 1 atom stereocenters. The van der Waals surface area contributed by atoms with Gasteiger partial charge in [-0.15, -0.1) is 0 Å². The van der Waals surface area contributed by atoms with Crippen LogP contribution in [0.15, 0.2) is 73.1 Å². The highest BCUT2D eigenvalue weighted by Crippen LogP contribution is 2.26. The summed E-state index contributed by atoms with van der Waals surface area (Å²) in [5.41, 5.74) is 2.04. The predicted molar refractivity (Wildman–Crippen MR) is 120 cm³/mol. The summed E-state index contributed by atoms with van der Waals surface area (Å²) >= 11 is 1.51. The van der Waals surface area contributed by atoms with Gasteiger partial charge < -0.3 is 15.2 Å². The van der Waals surface area contributed by atoms with Crippen molar-refractivity contribution in [1.82, 2.24) is 14.9 Å². The first-order chi connectivity index (χ1) is 14.5. The number of aromatic nitrogens is 2. The van der Waals surface area contributed by atoms with Crippen molar-refractivity contribution in [2.45, 2.75) is 19.9 Å². The largest absolute Gasteiger partial charge is 0.340 e. The highest BCUT2D eigenvalue weighted by molar-refractivity contribution is 7.20. The number of hydrogen-bond acceptors (Lipinski definition) is 4. The maximum absolute atomic E-state index is 12.9. The standard InChI is InChI=1S/C23H22N4O2S/c1-15(2)20(22(29)24-17-8-4-3-5-9-17)26-21(28)16-10-11-18-19(14-16)30-23(25-18)27-12-6-7-13-27/h3-15,20H,1-2H3,(H,24,29)(H,26,28)/t20-/m1/s1. The molecule has 4 aromatic rings. The summed E-state index contributed by atoms with van der Waals surface area (Å²) in [6.45, 7) is 3.82. The minimum Gasteiger partial charge on any atom is -0.340 e. The molecule has 152 valence electrons. The van der Waals surface area contributed by atoms with E-state index in [-0.39, 0.29) is 17.7 Å². The van der Waals surface area contributed by atoms with Crippen LogP contribution in [0.3, 0.4) is 0 Å². The van der Waals surface area contributed by atoms with E-state index in [4.69, 9.17) is 0 Å². The van der Waals surface area contributed by atoms with Gasteiger partial charge in [-0.1, -0.05) is 43.4 Å². The van der Waals surface area contributed by atoms with Crippen LogP contribution in [-0.4, -0.2) is 27.4 Å². The van der Waals surface area contributed by atoms with Crippen molar-refractivity contribution >= 4 is 39.1 Å². The van der Waals surface area contributed by atoms with Crippen LogP contribution in [0.2, 0.25) is 0 Å². The zero-order valence-corrected chi connectivity index (χ0v) is 17.5. The van der Waals surface area contributed by atoms with Crippen LogP contribution in [-0.2, 0) is 4.79 Å². The zero-order chi connectivity index (χ0) is 21.1. The zero-order valence-electron chi connectivity index (χ0n) is 16.7. The van der Waals surface area contributed by atoms with Crippen LogP contribution in [0.5, 0.6) is 0 Å². The van der Waals surface area contributed by atoms with Gasteiger partial charge in [0.2, 0.25) is 5.91 Å². The highest BCUT2D eigenvalue weighted by atomic mass is 32.1. The molecular weight excluding hydrogens is 396 g/mol. The number of benzene rings is 2. The Morgan fingerprint density at radius 2 is 1.73 bits per heavy atom. The summed E-state index contributed by atoms with van der Waals surface area (Å²) in [5, 5.41) is 6.59. The summed E-state index contributed by atoms with van der Waals surface area (Å²) < 4.78 is 2.86. The summed E-state index contributed by atoms with van der Waals surface area (Å²) in [6, 6.07) is 17.9. The Morgan fingerprint density at radius 1 is 1.00 bits per heavy atom. The number of thiazole rings is 1. The molecule has 30 heavy (non-hydrogen) atoms. The normalized spacial score (nSPS) is 12.1. The molecule has 0 radical (unpaired) electrons. The number of hydrogen-bond donors (Lipinski definition) is 2. The van der Waals surface area contributed by atoms with Gasteiger partial charge in [-0.3, -0.25) is 9.59 Å². The Balaban J connectivity index is 1.52. The molecule has 0 bridgehead atoms. The molecule has 7 heteroatoms. The quantitative estimate of drug-likeness (QED) is 0.485. The number of nitrogens with one attached hydrogen (secondary N) is 2. The molecule has 4 rings (SSSR count). The third-order valence-corrected chi connectivity index (χ3v) is 5.77. The van der Waals surface area contributed by atoms with Gasteiger partial charge in [-0.05, 0) is 48.4 Å². The van der Waals surface area contributed by atoms with E-state index in [2.05, 4.69) is 15.6 Å². The van der Waals surface area contributed by atoms with Crippen molar-refractivity contribution in [3.8, 4) is 5.13 Å². The van der Waals surface area contributed by atoms with Crippen molar-refractivity contribution in [1.29, 1.82) is 0 Å². The maximum Gasteiger partial charge on any atom is 0.251 e. The van der Waals surface area contributed by atoms with Gasteiger partial charge >= 0.3 is 0 Å². The van der Waals surface area contributed by atoms with E-state index < -0.39 is 6.04 Å². The van der Waals surface area contributed by atoms with Crippen molar-refractivity contribution in [2.75, 3.05) is 5.32 Å². The number of fused-ring (bicyclic) bond motifs is 1. The smallest absolute Gasteiger partial charge is 0.251 e. The molecule has 2 aromatic carbocycles. The van der Waals surface area contributed by atoms with Crippen molar-refractivity contribution < 1.29 is 9.59 Å². The van der Waals surface area contributed by atoms with Crippen molar-refractivity contribution in [3.05, 3.63) is 78.6 Å². The van der Waals surface area contributed by atoms with Gasteiger partial charge in [0.1, 0.15) is 6.04 Å². The second-order valence-corrected chi connectivity index (χ2v) is 8.33. The van der Waals surface area contributed by atoms with Crippen LogP contribution >= 0.6 is 11.3 Å². The Labute approximate surface area is 178 Å². The lowest BCUT2D eigenvalue weighted by atomic mass is 10.0. The van der Waals surface area contributed by atoms with Gasteiger partial charge in [-0.25, -0.2) is 4.98 Å². The van der Waals surface area contributed by atoms with E-state index in [1.54, 1.807) is 6.07 Å². The van der Waals surface area contributed by atoms with E-state index in [1.165, 1.54) is 11.3 Å². The maximum atomic E-state index is 12.9. The highest BCUT2D eigenvalue weighted by Gasteiger charge is 2.25. The number of nitrogens with zero attached hydrogens (tertiary/aromatic N) is 2. The molecule has 0 aliphatic carbocycles. The molecule has 2 N–H and O–H groups in total. The summed E-state index contributed by atoms with van der Waals surface area (Å²) in [6.07, 6.45) is 3.87. The molecule has 0 aliphatic heterocycles. The Morgan fingerprint density at radius 3 is 2.43 bits per heavy atom. The Bertz CT molecular complexity index is 1170. The molecule has 0 saturated heterocycles. The number of carbonyl (C=O) groups is 2. The van der Waals surface area contributed by atoms with Crippen LogP contribution in [0.25, 0.3) is 15.3 Å². The Hall–Kier alpha value is -3.45. The molecule has 2 heterocycles. The van der Waals surface area contributed by atoms with Crippen LogP contribution < -0.4 is 10.6 Å². The molecule has 0 unspecified atom stereocenters. The lowest BCUT2D eigenvalue weighted by Gasteiger charge is -2.21. The first kappa shape index (κ1) is 19.8. The lowest BCUT2D eigenvalue weighted by Crippen LogP contribution is -2.47. The topological polar surface area (TPSA) is 76.0 Å². The average molecular weight is 419 g/mol. The minimum absolute atomic E-state index is 0.0647. The molecule has 0 aliphatic rings.